The van der Waals surface area contributed by atoms with Gasteiger partial charge in [-0.2, -0.15) is 0 Å². The van der Waals surface area contributed by atoms with Crippen LogP contribution in [-0.2, 0) is 5.60 Å². The van der Waals surface area contributed by atoms with Crippen LogP contribution in [0.5, 0.6) is 0 Å². The molecule has 2 atom stereocenters. The van der Waals surface area contributed by atoms with Gasteiger partial charge in [-0.3, -0.25) is 4.98 Å². The van der Waals surface area contributed by atoms with Gasteiger partial charge in [0.1, 0.15) is 5.82 Å². The van der Waals surface area contributed by atoms with E-state index in [2.05, 4.69) is 25.8 Å². The fourth-order valence-corrected chi connectivity index (χ4v) is 3.30. The standard InChI is InChI=1S/C15H22FNO/c1-14(2,3)13-6-4-5-7-15(13,18)11-8-12(16)10-17-9-11/h8-10,13,18H,4-7H2,1-3H3. The summed E-state index contributed by atoms with van der Waals surface area (Å²) in [7, 11) is 0. The van der Waals surface area contributed by atoms with E-state index in [-0.39, 0.29) is 17.2 Å². The average Bonchev–Trinajstić information content (AvgIpc) is 2.28. The lowest BCUT2D eigenvalue weighted by Gasteiger charge is -2.47. The fraction of sp³-hybridized carbons (Fsp3) is 0.667. The zero-order valence-electron chi connectivity index (χ0n) is 11.4. The molecule has 0 aromatic carbocycles. The first kappa shape index (κ1) is 13.5. The topological polar surface area (TPSA) is 33.1 Å². The van der Waals surface area contributed by atoms with E-state index in [4.69, 9.17) is 0 Å². The smallest absolute Gasteiger partial charge is 0.141 e. The molecule has 0 radical (unpaired) electrons. The van der Waals surface area contributed by atoms with Crippen LogP contribution >= 0.6 is 0 Å². The Kier molecular flexibility index (Phi) is 3.45. The quantitative estimate of drug-likeness (QED) is 0.826. The number of halogens is 1. The molecule has 0 bridgehead atoms. The minimum atomic E-state index is -0.939. The molecule has 0 spiro atoms. The van der Waals surface area contributed by atoms with E-state index < -0.39 is 5.60 Å². The highest BCUT2D eigenvalue weighted by atomic mass is 19.1. The van der Waals surface area contributed by atoms with E-state index in [1.54, 1.807) is 6.20 Å². The molecule has 3 heteroatoms. The number of aliphatic hydroxyl groups is 1. The van der Waals surface area contributed by atoms with Crippen molar-refractivity contribution in [1.29, 1.82) is 0 Å². The van der Waals surface area contributed by atoms with E-state index in [0.29, 0.717) is 12.0 Å². The van der Waals surface area contributed by atoms with E-state index in [1.807, 2.05) is 0 Å². The summed E-state index contributed by atoms with van der Waals surface area (Å²) in [6.45, 7) is 6.42. The van der Waals surface area contributed by atoms with Gasteiger partial charge >= 0.3 is 0 Å². The molecule has 0 aliphatic heterocycles. The molecule has 100 valence electrons. The minimum Gasteiger partial charge on any atom is -0.385 e. The first-order valence-electron chi connectivity index (χ1n) is 6.67. The van der Waals surface area contributed by atoms with Crippen molar-refractivity contribution in [3.63, 3.8) is 0 Å². The maximum absolute atomic E-state index is 13.3. The molecule has 1 aliphatic rings. The normalized spacial score (nSPS) is 29.3. The number of pyridine rings is 1. The van der Waals surface area contributed by atoms with Crippen molar-refractivity contribution in [3.8, 4) is 0 Å². The van der Waals surface area contributed by atoms with Crippen molar-refractivity contribution < 1.29 is 9.50 Å². The van der Waals surface area contributed by atoms with Crippen LogP contribution in [0.3, 0.4) is 0 Å². The van der Waals surface area contributed by atoms with Gasteiger partial charge in [0.15, 0.2) is 0 Å². The maximum Gasteiger partial charge on any atom is 0.141 e. The second kappa shape index (κ2) is 4.61. The second-order valence-corrected chi connectivity index (χ2v) is 6.48. The van der Waals surface area contributed by atoms with Crippen molar-refractivity contribution in [2.24, 2.45) is 11.3 Å². The van der Waals surface area contributed by atoms with Gasteiger partial charge < -0.3 is 5.11 Å². The highest BCUT2D eigenvalue weighted by Crippen LogP contribution is 2.49. The Balaban J connectivity index is 2.42. The maximum atomic E-state index is 13.3. The molecule has 1 aromatic rings. The number of rotatable bonds is 1. The summed E-state index contributed by atoms with van der Waals surface area (Å²) < 4.78 is 13.3. The van der Waals surface area contributed by atoms with E-state index >= 15 is 0 Å². The van der Waals surface area contributed by atoms with Crippen LogP contribution in [0.15, 0.2) is 18.5 Å². The second-order valence-electron chi connectivity index (χ2n) is 6.48. The Morgan fingerprint density at radius 2 is 2.06 bits per heavy atom. The summed E-state index contributed by atoms with van der Waals surface area (Å²) >= 11 is 0. The lowest BCUT2D eigenvalue weighted by atomic mass is 9.62. The third-order valence-electron chi connectivity index (χ3n) is 4.13. The molecular weight excluding hydrogens is 229 g/mol. The monoisotopic (exact) mass is 251 g/mol. The van der Waals surface area contributed by atoms with Crippen molar-refractivity contribution in [2.45, 2.75) is 52.1 Å². The van der Waals surface area contributed by atoms with Crippen LogP contribution in [0.25, 0.3) is 0 Å². The molecule has 0 amide bonds. The van der Waals surface area contributed by atoms with Crippen molar-refractivity contribution in [3.05, 3.63) is 29.8 Å². The van der Waals surface area contributed by atoms with Crippen molar-refractivity contribution in [2.75, 3.05) is 0 Å². The average molecular weight is 251 g/mol. The van der Waals surface area contributed by atoms with Crippen molar-refractivity contribution >= 4 is 0 Å². The Morgan fingerprint density at radius 3 is 2.67 bits per heavy atom. The SMILES string of the molecule is CC(C)(C)C1CCCCC1(O)c1cncc(F)c1. The fourth-order valence-electron chi connectivity index (χ4n) is 3.30. The molecule has 1 aromatic heterocycles. The van der Waals surface area contributed by atoms with Gasteiger partial charge in [0, 0.05) is 11.8 Å². The third-order valence-corrected chi connectivity index (χ3v) is 4.13. The van der Waals surface area contributed by atoms with Crippen LogP contribution < -0.4 is 0 Å². The van der Waals surface area contributed by atoms with Gasteiger partial charge in [-0.1, -0.05) is 33.6 Å². The van der Waals surface area contributed by atoms with Crippen LogP contribution in [0, 0.1) is 17.2 Å². The summed E-state index contributed by atoms with van der Waals surface area (Å²) in [4.78, 5) is 3.89. The number of aromatic nitrogens is 1. The molecule has 2 rings (SSSR count). The molecule has 1 N–H and O–H groups in total. The Labute approximate surface area is 108 Å². The summed E-state index contributed by atoms with van der Waals surface area (Å²) in [5.74, 6) is -0.235. The van der Waals surface area contributed by atoms with Crippen molar-refractivity contribution in [1.82, 2.24) is 4.98 Å². The first-order valence-corrected chi connectivity index (χ1v) is 6.67. The van der Waals surface area contributed by atoms with Gasteiger partial charge in [-0.25, -0.2) is 4.39 Å². The predicted octanol–water partition coefficient (Wildman–Crippen LogP) is 3.64. The number of nitrogens with zero attached hydrogens (tertiary/aromatic N) is 1. The zero-order valence-corrected chi connectivity index (χ0v) is 11.4. The molecule has 2 nitrogen and oxygen atoms in total. The van der Waals surface area contributed by atoms with Gasteiger partial charge in [-0.15, -0.1) is 0 Å². The largest absolute Gasteiger partial charge is 0.385 e. The number of hydrogen-bond donors (Lipinski definition) is 1. The first-order chi connectivity index (χ1) is 8.34. The van der Waals surface area contributed by atoms with E-state index in [1.165, 1.54) is 12.3 Å². The summed E-state index contributed by atoms with van der Waals surface area (Å²) in [5, 5.41) is 11.1. The van der Waals surface area contributed by atoms with Gasteiger partial charge in [0.05, 0.1) is 11.8 Å². The molecular formula is C15H22FNO. The molecule has 1 aliphatic carbocycles. The van der Waals surface area contributed by atoms with E-state index in [9.17, 15) is 9.50 Å². The van der Waals surface area contributed by atoms with Gasteiger partial charge in [0.25, 0.3) is 0 Å². The zero-order chi connectivity index (χ0) is 13.4. The van der Waals surface area contributed by atoms with Gasteiger partial charge in [-0.05, 0) is 30.2 Å². The lowest BCUT2D eigenvalue weighted by Crippen LogP contribution is -2.44. The minimum absolute atomic E-state index is 0.00148. The van der Waals surface area contributed by atoms with Crippen LogP contribution in [0.2, 0.25) is 0 Å². The highest BCUT2D eigenvalue weighted by molar-refractivity contribution is 5.22. The van der Waals surface area contributed by atoms with Crippen LogP contribution in [0.4, 0.5) is 4.39 Å². The third kappa shape index (κ3) is 2.41. The Bertz CT molecular complexity index is 427. The van der Waals surface area contributed by atoms with Gasteiger partial charge in [0.2, 0.25) is 0 Å². The molecule has 1 heterocycles. The van der Waals surface area contributed by atoms with Crippen LogP contribution in [-0.4, -0.2) is 10.1 Å². The molecule has 18 heavy (non-hydrogen) atoms. The van der Waals surface area contributed by atoms with E-state index in [0.717, 1.165) is 19.3 Å². The predicted molar refractivity (Wildman–Crippen MR) is 69.5 cm³/mol. The molecule has 1 saturated carbocycles. The molecule has 1 fully saturated rings. The van der Waals surface area contributed by atoms with Crippen LogP contribution in [0.1, 0.15) is 52.0 Å². The Morgan fingerprint density at radius 1 is 1.33 bits per heavy atom. The highest BCUT2D eigenvalue weighted by Gasteiger charge is 2.46. The lowest BCUT2D eigenvalue weighted by molar-refractivity contribution is -0.0963. The molecule has 2 unspecified atom stereocenters. The Hall–Kier alpha value is -0.960. The summed E-state index contributed by atoms with van der Waals surface area (Å²) in [6, 6.07) is 1.43. The summed E-state index contributed by atoms with van der Waals surface area (Å²) in [5.41, 5.74) is -0.310. The molecule has 0 saturated heterocycles. The summed E-state index contributed by atoms with van der Waals surface area (Å²) in [6.07, 6.45) is 6.58. The number of hydrogen-bond acceptors (Lipinski definition) is 2.